The second-order valence-corrected chi connectivity index (χ2v) is 5.12. The Kier molecular flexibility index (Phi) is 5.17. The number of aryl methyl sites for hydroxylation is 2. The maximum Gasteiger partial charge on any atom is 0.0620 e. The third-order valence-corrected chi connectivity index (χ3v) is 3.49. The summed E-state index contributed by atoms with van der Waals surface area (Å²) in [7, 11) is 0. The minimum Gasteiger partial charge on any atom is -0.379 e. The summed E-state index contributed by atoms with van der Waals surface area (Å²) < 4.78 is 5.44. The Hall–Kier alpha value is -0.900. The molecule has 1 unspecified atom stereocenters. The molecule has 0 aliphatic carbocycles. The van der Waals surface area contributed by atoms with Crippen molar-refractivity contribution in [1.82, 2.24) is 10.6 Å². The van der Waals surface area contributed by atoms with Gasteiger partial charge in [-0.25, -0.2) is 0 Å². The highest BCUT2D eigenvalue weighted by Crippen LogP contribution is 2.10. The predicted molar refractivity (Wildman–Crippen MR) is 74.8 cm³/mol. The fourth-order valence-corrected chi connectivity index (χ4v) is 2.30. The lowest BCUT2D eigenvalue weighted by atomic mass is 10.1. The van der Waals surface area contributed by atoms with Crippen LogP contribution in [0.15, 0.2) is 18.2 Å². The van der Waals surface area contributed by atoms with Gasteiger partial charge in [0, 0.05) is 19.1 Å². The molecule has 3 heteroatoms. The molecule has 3 nitrogen and oxygen atoms in total. The molecule has 1 heterocycles. The molecule has 0 amide bonds. The number of nitrogens with one attached hydrogen (secondary N) is 2. The summed E-state index contributed by atoms with van der Waals surface area (Å²) in [5.41, 5.74) is 4.11. The van der Waals surface area contributed by atoms with Crippen molar-refractivity contribution in [3.63, 3.8) is 0 Å². The molecule has 1 aliphatic rings. The first-order chi connectivity index (χ1) is 8.75. The van der Waals surface area contributed by atoms with Gasteiger partial charge in [-0.15, -0.1) is 0 Å². The zero-order valence-electron chi connectivity index (χ0n) is 11.5. The van der Waals surface area contributed by atoms with E-state index in [9.17, 15) is 0 Å². The summed E-state index contributed by atoms with van der Waals surface area (Å²) in [4.78, 5) is 0. The Morgan fingerprint density at radius 1 is 1.39 bits per heavy atom. The smallest absolute Gasteiger partial charge is 0.0620 e. The number of morpholine rings is 1. The fourth-order valence-electron chi connectivity index (χ4n) is 2.30. The van der Waals surface area contributed by atoms with Gasteiger partial charge in [0.15, 0.2) is 0 Å². The normalized spacial score (nSPS) is 20.0. The predicted octanol–water partition coefficient (Wildman–Crippen LogP) is 1.77. The number of benzene rings is 1. The van der Waals surface area contributed by atoms with Crippen LogP contribution in [0, 0.1) is 13.8 Å². The molecule has 0 bridgehead atoms. The van der Waals surface area contributed by atoms with Gasteiger partial charge >= 0.3 is 0 Å². The highest BCUT2D eigenvalue weighted by Gasteiger charge is 2.11. The van der Waals surface area contributed by atoms with Gasteiger partial charge in [-0.05, 0) is 37.9 Å². The van der Waals surface area contributed by atoms with E-state index in [1.54, 1.807) is 0 Å². The van der Waals surface area contributed by atoms with E-state index in [1.807, 2.05) is 0 Å². The average molecular weight is 248 g/mol. The standard InChI is InChI=1S/C15H24N2O/c1-12-3-4-13(2)14(9-12)10-16-6-5-15-11-18-8-7-17-15/h3-4,9,15-17H,5-8,10-11H2,1-2H3. The molecule has 18 heavy (non-hydrogen) atoms. The van der Waals surface area contributed by atoms with E-state index in [0.29, 0.717) is 6.04 Å². The van der Waals surface area contributed by atoms with Crippen molar-refractivity contribution < 1.29 is 4.74 Å². The molecular weight excluding hydrogens is 224 g/mol. The van der Waals surface area contributed by atoms with Crippen LogP contribution in [0.2, 0.25) is 0 Å². The molecule has 1 aromatic carbocycles. The van der Waals surface area contributed by atoms with Crippen molar-refractivity contribution in [3.05, 3.63) is 34.9 Å². The molecule has 0 spiro atoms. The number of hydrogen-bond acceptors (Lipinski definition) is 3. The summed E-state index contributed by atoms with van der Waals surface area (Å²) in [6, 6.07) is 7.15. The van der Waals surface area contributed by atoms with Gasteiger partial charge in [-0.2, -0.15) is 0 Å². The highest BCUT2D eigenvalue weighted by atomic mass is 16.5. The Morgan fingerprint density at radius 3 is 3.06 bits per heavy atom. The molecule has 1 aliphatic heterocycles. The van der Waals surface area contributed by atoms with Crippen LogP contribution in [0.3, 0.4) is 0 Å². The van der Waals surface area contributed by atoms with E-state index in [4.69, 9.17) is 4.74 Å². The molecule has 1 saturated heterocycles. The third kappa shape index (κ3) is 4.09. The summed E-state index contributed by atoms with van der Waals surface area (Å²) in [6.45, 7) is 9.01. The van der Waals surface area contributed by atoms with Crippen LogP contribution < -0.4 is 10.6 Å². The quantitative estimate of drug-likeness (QED) is 0.779. The summed E-state index contributed by atoms with van der Waals surface area (Å²) in [6.07, 6.45) is 1.13. The molecule has 1 atom stereocenters. The lowest BCUT2D eigenvalue weighted by molar-refractivity contribution is 0.0742. The minimum atomic E-state index is 0.518. The fraction of sp³-hybridized carbons (Fsp3) is 0.600. The van der Waals surface area contributed by atoms with Crippen molar-refractivity contribution in [1.29, 1.82) is 0 Å². The van der Waals surface area contributed by atoms with E-state index >= 15 is 0 Å². The van der Waals surface area contributed by atoms with E-state index < -0.39 is 0 Å². The summed E-state index contributed by atoms with van der Waals surface area (Å²) in [5, 5.41) is 6.99. The van der Waals surface area contributed by atoms with E-state index in [1.165, 1.54) is 16.7 Å². The largest absolute Gasteiger partial charge is 0.379 e. The van der Waals surface area contributed by atoms with Crippen LogP contribution in [0.1, 0.15) is 23.1 Å². The number of rotatable bonds is 5. The second-order valence-electron chi connectivity index (χ2n) is 5.12. The van der Waals surface area contributed by atoms with Crippen molar-refractivity contribution in [2.45, 2.75) is 32.9 Å². The molecular formula is C15H24N2O. The topological polar surface area (TPSA) is 33.3 Å². The SMILES string of the molecule is Cc1ccc(C)c(CNCCC2COCCN2)c1. The summed E-state index contributed by atoms with van der Waals surface area (Å²) >= 11 is 0. The third-order valence-electron chi connectivity index (χ3n) is 3.49. The van der Waals surface area contributed by atoms with E-state index in [0.717, 1.165) is 39.3 Å². The summed E-state index contributed by atoms with van der Waals surface area (Å²) in [5.74, 6) is 0. The van der Waals surface area contributed by atoms with Crippen LogP contribution in [0.4, 0.5) is 0 Å². The lowest BCUT2D eigenvalue weighted by Crippen LogP contribution is -2.42. The van der Waals surface area contributed by atoms with Crippen LogP contribution in [0.25, 0.3) is 0 Å². The van der Waals surface area contributed by atoms with Crippen molar-refractivity contribution in [3.8, 4) is 0 Å². The van der Waals surface area contributed by atoms with Gasteiger partial charge in [0.2, 0.25) is 0 Å². The Morgan fingerprint density at radius 2 is 2.28 bits per heavy atom. The molecule has 2 N–H and O–H groups in total. The number of ether oxygens (including phenoxy) is 1. The molecule has 100 valence electrons. The number of hydrogen-bond donors (Lipinski definition) is 2. The van der Waals surface area contributed by atoms with Gasteiger partial charge in [-0.1, -0.05) is 23.8 Å². The first-order valence-corrected chi connectivity index (χ1v) is 6.83. The lowest BCUT2D eigenvalue weighted by Gasteiger charge is -2.23. The van der Waals surface area contributed by atoms with Crippen LogP contribution in [0.5, 0.6) is 0 Å². The van der Waals surface area contributed by atoms with Crippen molar-refractivity contribution >= 4 is 0 Å². The Labute approximate surface area is 110 Å². The molecule has 0 radical (unpaired) electrons. The molecule has 1 fully saturated rings. The van der Waals surface area contributed by atoms with Gasteiger partial charge < -0.3 is 15.4 Å². The van der Waals surface area contributed by atoms with Crippen LogP contribution in [-0.2, 0) is 11.3 Å². The highest BCUT2D eigenvalue weighted by molar-refractivity contribution is 5.30. The van der Waals surface area contributed by atoms with Gasteiger partial charge in [0.25, 0.3) is 0 Å². The molecule has 0 aromatic heterocycles. The molecule has 0 saturated carbocycles. The Balaban J connectivity index is 1.69. The van der Waals surface area contributed by atoms with E-state index in [-0.39, 0.29) is 0 Å². The first-order valence-electron chi connectivity index (χ1n) is 6.83. The molecule has 2 rings (SSSR count). The monoisotopic (exact) mass is 248 g/mol. The van der Waals surface area contributed by atoms with Crippen molar-refractivity contribution in [2.24, 2.45) is 0 Å². The zero-order valence-corrected chi connectivity index (χ0v) is 11.5. The average Bonchev–Trinajstić information content (AvgIpc) is 2.40. The van der Waals surface area contributed by atoms with E-state index in [2.05, 4.69) is 42.7 Å². The zero-order chi connectivity index (χ0) is 12.8. The minimum absolute atomic E-state index is 0.518. The molecule has 1 aromatic rings. The first kappa shape index (κ1) is 13.5. The van der Waals surface area contributed by atoms with Gasteiger partial charge in [-0.3, -0.25) is 0 Å². The maximum absolute atomic E-state index is 5.44. The van der Waals surface area contributed by atoms with Crippen LogP contribution in [-0.4, -0.2) is 32.3 Å². The Bertz CT molecular complexity index is 373. The van der Waals surface area contributed by atoms with Crippen molar-refractivity contribution in [2.75, 3.05) is 26.3 Å². The van der Waals surface area contributed by atoms with Gasteiger partial charge in [0.05, 0.1) is 13.2 Å². The maximum atomic E-state index is 5.44. The second kappa shape index (κ2) is 6.88. The van der Waals surface area contributed by atoms with Gasteiger partial charge in [0.1, 0.15) is 0 Å². The van der Waals surface area contributed by atoms with Crippen LogP contribution >= 0.6 is 0 Å².